The second-order valence-corrected chi connectivity index (χ2v) is 16.1. The highest BCUT2D eigenvalue weighted by Gasteiger charge is 2.31. The van der Waals surface area contributed by atoms with Gasteiger partial charge >= 0.3 is 0 Å². The van der Waals surface area contributed by atoms with Crippen LogP contribution in [0.3, 0.4) is 0 Å². The van der Waals surface area contributed by atoms with E-state index in [4.69, 9.17) is 9.47 Å². The van der Waals surface area contributed by atoms with Crippen LogP contribution in [0.2, 0.25) is 0 Å². The number of phenols is 2. The van der Waals surface area contributed by atoms with Gasteiger partial charge in [0, 0.05) is 50.6 Å². The molecule has 6 heteroatoms. The molecule has 0 radical (unpaired) electrons. The summed E-state index contributed by atoms with van der Waals surface area (Å²) in [7, 11) is 0. The normalized spacial score (nSPS) is 15.8. The first-order valence-corrected chi connectivity index (χ1v) is 20.9. The smallest absolute Gasteiger partial charge is 0.147 e. The van der Waals surface area contributed by atoms with Gasteiger partial charge in [-0.25, -0.2) is 0 Å². The van der Waals surface area contributed by atoms with Crippen LogP contribution >= 0.6 is 0 Å². The molecule has 0 aliphatic heterocycles. The maximum absolute atomic E-state index is 12.1. The predicted molar refractivity (Wildman–Crippen MR) is 241 cm³/mol. The van der Waals surface area contributed by atoms with E-state index in [2.05, 4.69) is 126 Å². The second-order valence-electron chi connectivity index (χ2n) is 16.1. The van der Waals surface area contributed by atoms with Crippen LogP contribution in [0.25, 0.3) is 66.1 Å². The van der Waals surface area contributed by atoms with Crippen molar-refractivity contribution in [3.8, 4) is 39.8 Å². The molecular formula is C53H48N2O4. The zero-order valence-corrected chi connectivity index (χ0v) is 33.6. The van der Waals surface area contributed by atoms with Gasteiger partial charge in [-0.3, -0.25) is 0 Å². The number of rotatable bonds is 10. The summed E-state index contributed by atoms with van der Waals surface area (Å²) in [5, 5.41) is 28.8. The minimum Gasteiger partial charge on any atom is -0.505 e. The Labute approximate surface area is 344 Å². The van der Waals surface area contributed by atoms with Crippen molar-refractivity contribution in [1.82, 2.24) is 9.13 Å². The summed E-state index contributed by atoms with van der Waals surface area (Å²) in [5.41, 5.74) is 10.5. The average Bonchev–Trinajstić information content (AvgIpc) is 3.78. The summed E-state index contributed by atoms with van der Waals surface area (Å²) < 4.78 is 17.5. The number of hydrogen-bond acceptors (Lipinski definition) is 4. The Hall–Kier alpha value is -6.50. The van der Waals surface area contributed by atoms with Crippen molar-refractivity contribution < 1.29 is 19.7 Å². The fourth-order valence-corrected chi connectivity index (χ4v) is 9.68. The highest BCUT2D eigenvalue weighted by molar-refractivity contribution is 6.10. The van der Waals surface area contributed by atoms with Gasteiger partial charge in [0.2, 0.25) is 0 Å². The largest absolute Gasteiger partial charge is 0.505 e. The summed E-state index contributed by atoms with van der Waals surface area (Å²) >= 11 is 0. The maximum Gasteiger partial charge on any atom is 0.147 e. The Kier molecular flexibility index (Phi) is 9.58. The number of hydrogen-bond donors (Lipinski definition) is 2. The molecule has 1 saturated carbocycles. The van der Waals surface area contributed by atoms with E-state index in [1.165, 1.54) is 10.8 Å². The summed E-state index contributed by atoms with van der Waals surface area (Å²) in [6, 6.07) is 49.9. The summed E-state index contributed by atoms with van der Waals surface area (Å²) in [4.78, 5) is 0. The molecular weight excluding hydrogens is 729 g/mol. The molecule has 294 valence electrons. The monoisotopic (exact) mass is 776 g/mol. The van der Waals surface area contributed by atoms with Crippen molar-refractivity contribution >= 4 is 43.6 Å². The second kappa shape index (κ2) is 15.3. The van der Waals surface area contributed by atoms with Gasteiger partial charge in [0.25, 0.3) is 0 Å². The number of aromatic nitrogens is 2. The molecule has 1 aliphatic rings. The Balaban J connectivity index is 0.879. The quantitative estimate of drug-likeness (QED) is 0.136. The minimum absolute atomic E-state index is 0.00162. The maximum atomic E-state index is 12.1. The van der Waals surface area contributed by atoms with Gasteiger partial charge in [0.1, 0.15) is 17.2 Å². The Bertz CT molecular complexity index is 2900. The third-order valence-electron chi connectivity index (χ3n) is 12.3. The van der Waals surface area contributed by atoms with Crippen molar-refractivity contribution in [2.45, 2.75) is 58.0 Å². The number of aryl methyl sites for hydroxylation is 2. The summed E-state index contributed by atoms with van der Waals surface area (Å²) in [6.07, 6.45) is 4.83. The van der Waals surface area contributed by atoms with Gasteiger partial charge in [-0.05, 0) is 86.3 Å². The number of phenolic OH excluding ortho intramolecular Hbond substituents is 2. The first-order chi connectivity index (χ1) is 29.0. The van der Waals surface area contributed by atoms with Crippen molar-refractivity contribution in [2.24, 2.45) is 0 Å². The molecule has 1 fully saturated rings. The lowest BCUT2D eigenvalue weighted by atomic mass is 9.80. The molecule has 2 unspecified atom stereocenters. The van der Waals surface area contributed by atoms with Gasteiger partial charge in [-0.2, -0.15) is 0 Å². The lowest BCUT2D eigenvalue weighted by Crippen LogP contribution is -2.27. The Morgan fingerprint density at radius 3 is 1.61 bits per heavy atom. The topological polar surface area (TPSA) is 68.8 Å². The summed E-state index contributed by atoms with van der Waals surface area (Å²) in [5.74, 6) is 1.36. The van der Waals surface area contributed by atoms with Gasteiger partial charge in [0.15, 0.2) is 0 Å². The molecule has 6 nitrogen and oxygen atoms in total. The summed E-state index contributed by atoms with van der Waals surface area (Å²) in [6.45, 7) is 5.20. The molecule has 2 aromatic heterocycles. The molecule has 10 rings (SSSR count). The number of benzene rings is 7. The fourth-order valence-electron chi connectivity index (χ4n) is 9.68. The van der Waals surface area contributed by atoms with Crippen molar-refractivity contribution in [3.63, 3.8) is 0 Å². The van der Waals surface area contributed by atoms with E-state index in [1.54, 1.807) is 0 Å². The van der Waals surface area contributed by atoms with E-state index in [0.717, 1.165) is 103 Å². The van der Waals surface area contributed by atoms with Crippen LogP contribution in [-0.2, 0) is 4.74 Å². The van der Waals surface area contributed by atoms with E-state index in [0.29, 0.717) is 25.4 Å². The van der Waals surface area contributed by atoms with Crippen LogP contribution in [0, 0.1) is 13.8 Å². The molecule has 9 aromatic rings. The standard InChI is InChI=1S/C53H48N2O4/c1-34-30-42(52(56)48(32-34)54-44-22-9-3-16-36(44)37-17-4-10-23-45(37)54)40-20-7-13-26-50(40)58-28-15-29-59-51-27-14-8-21-41(51)43-31-35(2)33-49(53(43)57)55-46-24-11-5-18-38(46)39-19-6-12-25-47(39)55/h3-7,9-13,16-20,22-26,30-33,41,51,56-57H,8,14-15,21,27-29H2,1-2H3. The Morgan fingerprint density at radius 2 is 1.02 bits per heavy atom. The fraction of sp³-hybridized carbons (Fsp3) is 0.208. The van der Waals surface area contributed by atoms with Gasteiger partial charge in [0.05, 0.1) is 52.8 Å². The van der Waals surface area contributed by atoms with Crippen LogP contribution in [0.15, 0.2) is 146 Å². The van der Waals surface area contributed by atoms with E-state index >= 15 is 0 Å². The van der Waals surface area contributed by atoms with Crippen molar-refractivity contribution in [2.75, 3.05) is 13.2 Å². The number of para-hydroxylation sites is 5. The molecule has 2 atom stereocenters. The lowest BCUT2D eigenvalue weighted by Gasteiger charge is -2.33. The minimum atomic E-state index is -0.00162. The number of ether oxygens (including phenoxy) is 2. The highest BCUT2D eigenvalue weighted by Crippen LogP contribution is 2.45. The highest BCUT2D eigenvalue weighted by atomic mass is 16.5. The molecule has 2 heterocycles. The van der Waals surface area contributed by atoms with E-state index in [1.807, 2.05) is 42.5 Å². The number of nitrogens with zero attached hydrogens (tertiary/aromatic N) is 2. The van der Waals surface area contributed by atoms with Gasteiger partial charge in [-0.15, -0.1) is 0 Å². The number of aromatic hydroxyl groups is 2. The lowest BCUT2D eigenvalue weighted by molar-refractivity contribution is 0.00757. The third-order valence-corrected chi connectivity index (χ3v) is 12.3. The van der Waals surface area contributed by atoms with Crippen molar-refractivity contribution in [3.05, 3.63) is 162 Å². The van der Waals surface area contributed by atoms with Gasteiger partial charge < -0.3 is 28.8 Å². The van der Waals surface area contributed by atoms with Gasteiger partial charge in [-0.1, -0.05) is 110 Å². The number of fused-ring (bicyclic) bond motifs is 6. The Morgan fingerprint density at radius 1 is 0.525 bits per heavy atom. The van der Waals surface area contributed by atoms with Crippen LogP contribution in [0.5, 0.6) is 17.2 Å². The first kappa shape index (κ1) is 36.8. The predicted octanol–water partition coefficient (Wildman–Crippen LogP) is 13.1. The average molecular weight is 777 g/mol. The van der Waals surface area contributed by atoms with Crippen LogP contribution in [-0.4, -0.2) is 38.7 Å². The zero-order valence-electron chi connectivity index (χ0n) is 33.6. The van der Waals surface area contributed by atoms with E-state index < -0.39 is 0 Å². The van der Waals surface area contributed by atoms with E-state index in [-0.39, 0.29) is 17.8 Å². The molecule has 0 bridgehead atoms. The molecule has 1 aliphatic carbocycles. The van der Waals surface area contributed by atoms with Crippen LogP contribution < -0.4 is 4.74 Å². The molecule has 0 spiro atoms. The molecule has 7 aromatic carbocycles. The van der Waals surface area contributed by atoms with Crippen molar-refractivity contribution in [1.29, 1.82) is 0 Å². The molecule has 0 saturated heterocycles. The van der Waals surface area contributed by atoms with Crippen LogP contribution in [0.4, 0.5) is 0 Å². The SMILES string of the molecule is Cc1cc(-c2ccccc2OCCCOC2CCCCC2c2cc(C)cc(-n3c4ccccc4c4ccccc43)c2O)c(O)c(-n2c3ccccc3c3ccccc32)c1. The van der Waals surface area contributed by atoms with Crippen LogP contribution in [0.1, 0.15) is 54.7 Å². The van der Waals surface area contributed by atoms with E-state index in [9.17, 15) is 10.2 Å². The zero-order chi connectivity index (χ0) is 40.0. The third kappa shape index (κ3) is 6.48. The molecule has 2 N–H and O–H groups in total. The molecule has 59 heavy (non-hydrogen) atoms. The first-order valence-electron chi connectivity index (χ1n) is 20.9. The molecule has 0 amide bonds.